The molecule has 3 nitrogen and oxygen atoms in total. The zero-order valence-corrected chi connectivity index (χ0v) is 14.0. The summed E-state index contributed by atoms with van der Waals surface area (Å²) in [6.45, 7) is 3.59. The first kappa shape index (κ1) is 15.3. The van der Waals surface area contributed by atoms with Crippen LogP contribution in [0.15, 0.2) is 35.2 Å². The van der Waals surface area contributed by atoms with Crippen LogP contribution in [0.25, 0.3) is 10.8 Å². The Morgan fingerprint density at radius 2 is 1.65 bits per heavy atom. The number of hydrogen-bond donors (Lipinski definition) is 0. The molecular weight excluding hydrogens is 263 g/mol. The maximum Gasteiger partial charge on any atom is 1.00 e. The zero-order chi connectivity index (χ0) is 11.9. The number of aryl methyl sites for hydroxylation is 2. The molecule has 0 saturated carbocycles. The van der Waals surface area contributed by atoms with Crippen molar-refractivity contribution in [1.82, 2.24) is 0 Å². The van der Waals surface area contributed by atoms with Crippen molar-refractivity contribution in [2.75, 3.05) is 0 Å². The van der Waals surface area contributed by atoms with Crippen molar-refractivity contribution < 1.29 is 64.4 Å². The van der Waals surface area contributed by atoms with Gasteiger partial charge in [0.2, 0.25) is 0 Å². The average molecular weight is 274 g/mol. The summed E-state index contributed by atoms with van der Waals surface area (Å²) in [7, 11) is -4.39. The van der Waals surface area contributed by atoms with Gasteiger partial charge in [-0.15, -0.1) is 0 Å². The van der Waals surface area contributed by atoms with Crippen molar-refractivity contribution in [2.24, 2.45) is 0 Å². The minimum absolute atomic E-state index is 0. The smallest absolute Gasteiger partial charge is 0.744 e. The van der Waals surface area contributed by atoms with E-state index >= 15 is 0 Å². The van der Waals surface area contributed by atoms with Crippen LogP contribution in [0.1, 0.15) is 11.1 Å². The maximum absolute atomic E-state index is 11.0. The molecule has 2 aromatic carbocycles. The molecule has 0 atom stereocenters. The SMILES string of the molecule is Cc1ccc2ccc(S(=O)(=O)[O-])c(C)c2c1.[K+]. The molecule has 0 radical (unpaired) electrons. The van der Waals surface area contributed by atoms with E-state index < -0.39 is 10.1 Å². The van der Waals surface area contributed by atoms with E-state index in [0.29, 0.717) is 5.56 Å². The van der Waals surface area contributed by atoms with Crippen LogP contribution >= 0.6 is 0 Å². The second kappa shape index (κ2) is 5.48. The Hall–Kier alpha value is 0.246. The van der Waals surface area contributed by atoms with Gasteiger partial charge < -0.3 is 4.55 Å². The Kier molecular flexibility index (Phi) is 4.94. The number of rotatable bonds is 1. The van der Waals surface area contributed by atoms with Crippen LogP contribution in [0.2, 0.25) is 0 Å². The van der Waals surface area contributed by atoms with Crippen molar-refractivity contribution in [2.45, 2.75) is 18.7 Å². The average Bonchev–Trinajstić information content (AvgIpc) is 2.17. The molecule has 0 unspecified atom stereocenters. The first-order valence-electron chi connectivity index (χ1n) is 4.85. The topological polar surface area (TPSA) is 57.2 Å². The van der Waals surface area contributed by atoms with Gasteiger partial charge in [0.1, 0.15) is 10.1 Å². The first-order chi connectivity index (χ1) is 7.39. The second-order valence-electron chi connectivity index (χ2n) is 3.87. The summed E-state index contributed by atoms with van der Waals surface area (Å²) in [5.74, 6) is 0. The van der Waals surface area contributed by atoms with Gasteiger partial charge in [-0.25, -0.2) is 8.42 Å². The number of hydrogen-bond acceptors (Lipinski definition) is 3. The molecule has 0 bridgehead atoms. The molecule has 0 amide bonds. The largest absolute Gasteiger partial charge is 1.00 e. The summed E-state index contributed by atoms with van der Waals surface area (Å²) in [6.07, 6.45) is 0. The van der Waals surface area contributed by atoms with E-state index in [4.69, 9.17) is 0 Å². The fraction of sp³-hybridized carbons (Fsp3) is 0.167. The molecule has 0 aliphatic heterocycles. The van der Waals surface area contributed by atoms with Gasteiger partial charge in [-0.2, -0.15) is 0 Å². The molecule has 2 aromatic rings. The number of benzene rings is 2. The fourth-order valence-corrected chi connectivity index (χ4v) is 2.55. The molecule has 0 spiro atoms. The Morgan fingerprint density at radius 1 is 1.06 bits per heavy atom. The molecule has 5 heteroatoms. The van der Waals surface area contributed by atoms with Gasteiger partial charge in [-0.1, -0.05) is 29.8 Å². The third kappa shape index (κ3) is 3.17. The molecular formula is C12H11KO3S. The standard InChI is InChI=1S/C12H12O3S.K/c1-8-3-4-10-5-6-12(16(13,14)15)9(2)11(10)7-8;/h3-7H,1-2H3,(H,13,14,15);/q;+1/p-1. The van der Waals surface area contributed by atoms with Gasteiger partial charge in [-0.05, 0) is 36.2 Å². The maximum atomic E-state index is 11.0. The normalized spacial score (nSPS) is 11.2. The van der Waals surface area contributed by atoms with Gasteiger partial charge in [0.25, 0.3) is 0 Å². The molecule has 2 rings (SSSR count). The quantitative estimate of drug-likeness (QED) is 0.514. The monoisotopic (exact) mass is 274 g/mol. The third-order valence-electron chi connectivity index (χ3n) is 2.67. The molecule has 0 N–H and O–H groups in total. The van der Waals surface area contributed by atoms with Gasteiger partial charge >= 0.3 is 51.4 Å². The van der Waals surface area contributed by atoms with E-state index in [0.717, 1.165) is 16.3 Å². The van der Waals surface area contributed by atoms with Crippen LogP contribution in [-0.4, -0.2) is 13.0 Å². The fourth-order valence-electron chi connectivity index (χ4n) is 1.83. The minimum Gasteiger partial charge on any atom is -0.744 e. The van der Waals surface area contributed by atoms with Crippen molar-refractivity contribution in [3.63, 3.8) is 0 Å². The van der Waals surface area contributed by atoms with Gasteiger partial charge in [0.15, 0.2) is 0 Å². The summed E-state index contributed by atoms with van der Waals surface area (Å²) < 4.78 is 33.1. The van der Waals surface area contributed by atoms with Crippen molar-refractivity contribution in [3.05, 3.63) is 41.5 Å². The van der Waals surface area contributed by atoms with E-state index in [9.17, 15) is 13.0 Å². The number of fused-ring (bicyclic) bond motifs is 1. The van der Waals surface area contributed by atoms with Crippen LogP contribution in [0.5, 0.6) is 0 Å². The van der Waals surface area contributed by atoms with E-state index in [2.05, 4.69) is 0 Å². The second-order valence-corrected chi connectivity index (χ2v) is 5.22. The third-order valence-corrected chi connectivity index (χ3v) is 3.65. The Labute approximate surface area is 143 Å². The molecule has 17 heavy (non-hydrogen) atoms. The molecule has 0 aromatic heterocycles. The first-order valence-corrected chi connectivity index (χ1v) is 6.26. The predicted molar refractivity (Wildman–Crippen MR) is 61.4 cm³/mol. The van der Waals surface area contributed by atoms with Gasteiger partial charge in [0, 0.05) is 0 Å². The van der Waals surface area contributed by atoms with Crippen LogP contribution in [0, 0.1) is 13.8 Å². The Balaban J connectivity index is 0.00000144. The van der Waals surface area contributed by atoms with Crippen molar-refractivity contribution >= 4 is 20.9 Å². The molecule has 0 heterocycles. The van der Waals surface area contributed by atoms with Gasteiger partial charge in [0.05, 0.1) is 4.90 Å². The summed E-state index contributed by atoms with van der Waals surface area (Å²) >= 11 is 0. The minimum atomic E-state index is -4.39. The molecule has 0 aliphatic rings. The van der Waals surface area contributed by atoms with Crippen molar-refractivity contribution in [3.8, 4) is 0 Å². The zero-order valence-electron chi connectivity index (χ0n) is 10.0. The molecule has 0 fully saturated rings. The molecule has 84 valence electrons. The van der Waals surface area contributed by atoms with Crippen LogP contribution in [0.4, 0.5) is 0 Å². The Morgan fingerprint density at radius 3 is 2.24 bits per heavy atom. The van der Waals surface area contributed by atoms with E-state index in [1.54, 1.807) is 13.0 Å². The molecule has 0 aliphatic carbocycles. The Bertz CT molecular complexity index is 663. The summed E-state index contributed by atoms with van der Waals surface area (Å²) in [5.41, 5.74) is 1.56. The van der Waals surface area contributed by atoms with Crippen molar-refractivity contribution in [1.29, 1.82) is 0 Å². The van der Waals surface area contributed by atoms with Gasteiger partial charge in [-0.3, -0.25) is 0 Å². The summed E-state index contributed by atoms with van der Waals surface area (Å²) in [4.78, 5) is -0.134. The van der Waals surface area contributed by atoms with E-state index in [1.807, 2.05) is 25.1 Å². The molecule has 0 saturated heterocycles. The predicted octanol–water partition coefficient (Wildman–Crippen LogP) is -0.635. The van der Waals surface area contributed by atoms with E-state index in [1.165, 1.54) is 6.07 Å². The van der Waals surface area contributed by atoms with Crippen LogP contribution in [-0.2, 0) is 10.1 Å². The van der Waals surface area contributed by atoms with E-state index in [-0.39, 0.29) is 56.3 Å². The van der Waals surface area contributed by atoms with Crippen LogP contribution in [0.3, 0.4) is 0 Å². The van der Waals surface area contributed by atoms with Crippen LogP contribution < -0.4 is 51.4 Å². The summed E-state index contributed by atoms with van der Waals surface area (Å²) in [5, 5.41) is 1.76. The summed E-state index contributed by atoms with van der Waals surface area (Å²) in [6, 6.07) is 8.78.